The summed E-state index contributed by atoms with van der Waals surface area (Å²) in [6.07, 6.45) is 5.66. The Kier molecular flexibility index (Phi) is 6.37. The van der Waals surface area contributed by atoms with Crippen molar-refractivity contribution < 1.29 is 9.15 Å². The van der Waals surface area contributed by atoms with E-state index in [0.29, 0.717) is 6.61 Å². The molecule has 1 aromatic carbocycles. The maximum atomic E-state index is 5.63. The predicted octanol–water partition coefficient (Wildman–Crippen LogP) is 4.34. The average molecular weight is 326 g/mol. The summed E-state index contributed by atoms with van der Waals surface area (Å²) in [7, 11) is 0. The van der Waals surface area contributed by atoms with Crippen molar-refractivity contribution >= 4 is 27.0 Å². The second-order valence-corrected chi connectivity index (χ2v) is 5.33. The first kappa shape index (κ1) is 14.5. The molecule has 0 atom stereocenters. The maximum Gasteiger partial charge on any atom is 0.197 e. The first-order valence-corrected chi connectivity index (χ1v) is 8.00. The summed E-state index contributed by atoms with van der Waals surface area (Å²) in [5, 5.41) is 1.10. The quantitative estimate of drug-likeness (QED) is 0.508. The number of benzene rings is 1. The van der Waals surface area contributed by atoms with Crippen molar-refractivity contribution in [1.29, 1.82) is 0 Å². The van der Waals surface area contributed by atoms with E-state index in [-0.39, 0.29) is 0 Å². The fraction of sp³-hybridized carbons (Fsp3) is 0.533. The standard InChI is InChI=1S/C15H20BrNO2/c16-10-5-1-2-6-11-18-12-9-15-17-13-7-3-4-8-14(13)19-15/h3-4,7-8H,1-2,5-6,9-12H2. The van der Waals surface area contributed by atoms with E-state index in [0.717, 1.165) is 41.8 Å². The molecule has 0 bridgehead atoms. The molecule has 0 N–H and O–H groups in total. The van der Waals surface area contributed by atoms with Gasteiger partial charge in [0.15, 0.2) is 11.5 Å². The summed E-state index contributed by atoms with van der Waals surface area (Å²) >= 11 is 3.44. The smallest absolute Gasteiger partial charge is 0.197 e. The SMILES string of the molecule is BrCCCCCCOCCc1nc2ccccc2o1. The number of hydrogen-bond acceptors (Lipinski definition) is 3. The number of hydrogen-bond donors (Lipinski definition) is 0. The number of rotatable bonds is 9. The number of alkyl halides is 1. The summed E-state index contributed by atoms with van der Waals surface area (Å²) in [6.45, 7) is 1.52. The molecule has 0 aliphatic carbocycles. The van der Waals surface area contributed by atoms with Crippen LogP contribution in [0, 0.1) is 0 Å². The molecule has 2 rings (SSSR count). The van der Waals surface area contributed by atoms with Crippen LogP contribution in [0.2, 0.25) is 0 Å². The van der Waals surface area contributed by atoms with Gasteiger partial charge in [0.05, 0.1) is 6.61 Å². The van der Waals surface area contributed by atoms with E-state index in [1.165, 1.54) is 19.3 Å². The van der Waals surface area contributed by atoms with Gasteiger partial charge in [0, 0.05) is 18.4 Å². The highest BCUT2D eigenvalue weighted by Gasteiger charge is 2.04. The number of para-hydroxylation sites is 2. The van der Waals surface area contributed by atoms with Crippen LogP contribution in [0.1, 0.15) is 31.6 Å². The third kappa shape index (κ3) is 4.96. The number of oxazole rings is 1. The maximum absolute atomic E-state index is 5.63. The third-order valence-corrected chi connectivity index (χ3v) is 3.53. The average Bonchev–Trinajstić information content (AvgIpc) is 2.84. The fourth-order valence-electron chi connectivity index (χ4n) is 1.94. The van der Waals surface area contributed by atoms with Crippen LogP contribution in [0.3, 0.4) is 0 Å². The third-order valence-electron chi connectivity index (χ3n) is 2.97. The molecule has 1 aromatic heterocycles. The Morgan fingerprint density at radius 3 is 2.74 bits per heavy atom. The Hall–Kier alpha value is -0.870. The van der Waals surface area contributed by atoms with Gasteiger partial charge < -0.3 is 9.15 Å². The van der Waals surface area contributed by atoms with Crippen LogP contribution >= 0.6 is 15.9 Å². The normalized spacial score (nSPS) is 11.2. The lowest BCUT2D eigenvalue weighted by Crippen LogP contribution is -2.00. The molecule has 0 aliphatic rings. The minimum atomic E-state index is 0.686. The van der Waals surface area contributed by atoms with Crippen molar-refractivity contribution in [3.05, 3.63) is 30.2 Å². The fourth-order valence-corrected chi connectivity index (χ4v) is 2.34. The Bertz CT molecular complexity index is 451. The molecule has 0 amide bonds. The van der Waals surface area contributed by atoms with Gasteiger partial charge in [-0.15, -0.1) is 0 Å². The molecule has 0 spiro atoms. The molecule has 0 fully saturated rings. The molecule has 0 saturated carbocycles. The number of unbranched alkanes of at least 4 members (excludes halogenated alkanes) is 3. The van der Waals surface area contributed by atoms with Gasteiger partial charge in [0.2, 0.25) is 0 Å². The highest BCUT2D eigenvalue weighted by Crippen LogP contribution is 2.14. The molecule has 4 heteroatoms. The van der Waals surface area contributed by atoms with Crippen LogP contribution in [-0.2, 0) is 11.2 Å². The van der Waals surface area contributed by atoms with Gasteiger partial charge in [0.25, 0.3) is 0 Å². The predicted molar refractivity (Wildman–Crippen MR) is 80.8 cm³/mol. The zero-order valence-electron chi connectivity index (χ0n) is 11.1. The number of fused-ring (bicyclic) bond motifs is 1. The molecule has 3 nitrogen and oxygen atoms in total. The molecule has 0 aliphatic heterocycles. The van der Waals surface area contributed by atoms with Gasteiger partial charge >= 0.3 is 0 Å². The molecular formula is C15H20BrNO2. The molecule has 0 radical (unpaired) electrons. The summed E-state index contributed by atoms with van der Waals surface area (Å²) in [5.41, 5.74) is 1.78. The van der Waals surface area contributed by atoms with Crippen LogP contribution < -0.4 is 0 Å². The van der Waals surface area contributed by atoms with Gasteiger partial charge in [-0.1, -0.05) is 40.9 Å². The second kappa shape index (κ2) is 8.33. The molecule has 0 unspecified atom stereocenters. The molecule has 19 heavy (non-hydrogen) atoms. The van der Waals surface area contributed by atoms with Gasteiger partial charge in [-0.05, 0) is 25.0 Å². The molecule has 1 heterocycles. The lowest BCUT2D eigenvalue weighted by molar-refractivity contribution is 0.129. The minimum Gasteiger partial charge on any atom is -0.441 e. The molecule has 0 saturated heterocycles. The van der Waals surface area contributed by atoms with Crippen molar-refractivity contribution in [2.24, 2.45) is 0 Å². The molecular weight excluding hydrogens is 306 g/mol. The Labute approximate surface area is 122 Å². The minimum absolute atomic E-state index is 0.686. The van der Waals surface area contributed by atoms with E-state index in [1.807, 2.05) is 24.3 Å². The highest BCUT2D eigenvalue weighted by molar-refractivity contribution is 9.09. The van der Waals surface area contributed by atoms with Crippen molar-refractivity contribution in [2.75, 3.05) is 18.5 Å². The van der Waals surface area contributed by atoms with E-state index in [2.05, 4.69) is 20.9 Å². The largest absolute Gasteiger partial charge is 0.441 e. The van der Waals surface area contributed by atoms with Crippen molar-refractivity contribution in [3.63, 3.8) is 0 Å². The summed E-state index contributed by atoms with van der Waals surface area (Å²) < 4.78 is 11.2. The van der Waals surface area contributed by atoms with E-state index in [9.17, 15) is 0 Å². The highest BCUT2D eigenvalue weighted by atomic mass is 79.9. The molecule has 2 aromatic rings. The Balaban J connectivity index is 1.60. The topological polar surface area (TPSA) is 35.3 Å². The van der Waals surface area contributed by atoms with Crippen LogP contribution in [0.5, 0.6) is 0 Å². The van der Waals surface area contributed by atoms with Gasteiger partial charge in [-0.2, -0.15) is 0 Å². The van der Waals surface area contributed by atoms with Gasteiger partial charge in [-0.3, -0.25) is 0 Å². The van der Waals surface area contributed by atoms with E-state index < -0.39 is 0 Å². The van der Waals surface area contributed by atoms with E-state index in [4.69, 9.17) is 9.15 Å². The summed E-state index contributed by atoms with van der Waals surface area (Å²) in [6, 6.07) is 7.84. The number of aromatic nitrogens is 1. The van der Waals surface area contributed by atoms with Crippen LogP contribution in [-0.4, -0.2) is 23.5 Å². The monoisotopic (exact) mass is 325 g/mol. The lowest BCUT2D eigenvalue weighted by atomic mass is 10.2. The van der Waals surface area contributed by atoms with E-state index in [1.54, 1.807) is 0 Å². The lowest BCUT2D eigenvalue weighted by Gasteiger charge is -2.02. The van der Waals surface area contributed by atoms with Crippen LogP contribution in [0.25, 0.3) is 11.1 Å². The van der Waals surface area contributed by atoms with Crippen molar-refractivity contribution in [1.82, 2.24) is 4.98 Å². The second-order valence-electron chi connectivity index (χ2n) is 4.54. The Morgan fingerprint density at radius 2 is 1.89 bits per heavy atom. The summed E-state index contributed by atoms with van der Waals surface area (Å²) in [5.74, 6) is 0.764. The summed E-state index contributed by atoms with van der Waals surface area (Å²) in [4.78, 5) is 4.42. The number of nitrogens with zero attached hydrogens (tertiary/aromatic N) is 1. The van der Waals surface area contributed by atoms with Gasteiger partial charge in [0.1, 0.15) is 5.52 Å². The zero-order chi connectivity index (χ0) is 13.3. The first-order chi connectivity index (χ1) is 9.40. The van der Waals surface area contributed by atoms with Crippen LogP contribution in [0.15, 0.2) is 28.7 Å². The zero-order valence-corrected chi connectivity index (χ0v) is 12.7. The first-order valence-electron chi connectivity index (χ1n) is 6.88. The number of halogens is 1. The van der Waals surface area contributed by atoms with Gasteiger partial charge in [-0.25, -0.2) is 4.98 Å². The Morgan fingerprint density at radius 1 is 1.05 bits per heavy atom. The van der Waals surface area contributed by atoms with Crippen LogP contribution in [0.4, 0.5) is 0 Å². The van der Waals surface area contributed by atoms with E-state index >= 15 is 0 Å². The van der Waals surface area contributed by atoms with Crippen molar-refractivity contribution in [3.8, 4) is 0 Å². The van der Waals surface area contributed by atoms with Crippen molar-refractivity contribution in [2.45, 2.75) is 32.1 Å². The number of ether oxygens (including phenoxy) is 1. The molecule has 104 valence electrons.